The van der Waals surface area contributed by atoms with Crippen molar-refractivity contribution in [2.75, 3.05) is 0 Å². The topological polar surface area (TPSA) is 26.3 Å². The minimum atomic E-state index is -0.408. The van der Waals surface area contributed by atoms with Gasteiger partial charge >= 0.3 is 0 Å². The van der Waals surface area contributed by atoms with Gasteiger partial charge in [0.1, 0.15) is 5.38 Å². The second-order valence-corrected chi connectivity index (χ2v) is 4.31. The van der Waals surface area contributed by atoms with Gasteiger partial charge < -0.3 is 4.74 Å². The third-order valence-electron chi connectivity index (χ3n) is 1.54. The van der Waals surface area contributed by atoms with E-state index < -0.39 is 5.38 Å². The lowest BCUT2D eigenvalue weighted by molar-refractivity contribution is -0.143. The van der Waals surface area contributed by atoms with Gasteiger partial charge in [-0.1, -0.05) is 0 Å². The van der Waals surface area contributed by atoms with E-state index in [1.54, 1.807) is 0 Å². The fourth-order valence-corrected chi connectivity index (χ4v) is 1.25. The van der Waals surface area contributed by atoms with E-state index in [1.165, 1.54) is 0 Å². The second-order valence-electron chi connectivity index (χ2n) is 3.84. The summed E-state index contributed by atoms with van der Waals surface area (Å²) < 4.78 is 5.50. The van der Waals surface area contributed by atoms with E-state index in [1.807, 2.05) is 20.8 Å². The van der Waals surface area contributed by atoms with Gasteiger partial charge in [0.05, 0.1) is 11.7 Å². The number of carbonyl (C=O) groups excluding carboxylic acids is 1. The highest BCUT2D eigenvalue weighted by atomic mass is 35.5. The average Bonchev–Trinajstić information content (AvgIpc) is 1.84. The number of hydrogen-bond donors (Lipinski definition) is 0. The maximum Gasteiger partial charge on any atom is 0.156 e. The van der Waals surface area contributed by atoms with Gasteiger partial charge in [0.15, 0.2) is 5.78 Å². The molecule has 11 heavy (non-hydrogen) atoms. The summed E-state index contributed by atoms with van der Waals surface area (Å²) in [5, 5.41) is -0.408. The van der Waals surface area contributed by atoms with E-state index in [-0.39, 0.29) is 17.5 Å². The Labute approximate surface area is 71.9 Å². The minimum Gasteiger partial charge on any atom is -0.370 e. The fraction of sp³-hybridized carbons (Fsp3) is 0.875. The summed E-state index contributed by atoms with van der Waals surface area (Å²) in [6.07, 6.45) is 0.412. The molecule has 0 aromatic heterocycles. The molecule has 0 heterocycles. The van der Waals surface area contributed by atoms with Crippen molar-refractivity contribution in [2.24, 2.45) is 0 Å². The number of Topliss-reactive ketones (excluding diaryl/α,β-unsaturated/α-hetero) is 1. The molecule has 0 aromatic carbocycles. The number of alkyl halides is 1. The Balaban J connectivity index is 2.36. The van der Waals surface area contributed by atoms with Gasteiger partial charge in [-0.15, -0.1) is 11.6 Å². The van der Waals surface area contributed by atoms with Crippen LogP contribution >= 0.6 is 11.6 Å². The molecule has 1 rings (SSSR count). The summed E-state index contributed by atoms with van der Waals surface area (Å²) in [4.78, 5) is 10.7. The number of carbonyl (C=O) groups is 1. The Morgan fingerprint density at radius 2 is 2.09 bits per heavy atom. The molecule has 1 aliphatic carbocycles. The Hall–Kier alpha value is -0.0800. The molecule has 1 fully saturated rings. The highest BCUT2D eigenvalue weighted by Crippen LogP contribution is 2.28. The summed E-state index contributed by atoms with van der Waals surface area (Å²) in [5.41, 5.74) is -0.196. The smallest absolute Gasteiger partial charge is 0.156 e. The summed E-state index contributed by atoms with van der Waals surface area (Å²) in [7, 11) is 0. The van der Waals surface area contributed by atoms with Crippen LogP contribution in [0.2, 0.25) is 0 Å². The maximum atomic E-state index is 10.7. The van der Waals surface area contributed by atoms with Crippen LogP contribution in [0.3, 0.4) is 0 Å². The van der Waals surface area contributed by atoms with Crippen molar-refractivity contribution in [1.29, 1.82) is 0 Å². The first-order valence-corrected chi connectivity index (χ1v) is 4.18. The van der Waals surface area contributed by atoms with Crippen LogP contribution in [-0.4, -0.2) is 22.9 Å². The van der Waals surface area contributed by atoms with Crippen molar-refractivity contribution in [1.82, 2.24) is 0 Å². The standard InChI is InChI=1S/C8H13ClO2/c1-8(2,3)11-6-4-5(10)7(6)9/h6-7H,4H2,1-3H3/t6-,7-/m1/s1. The number of ketones is 1. The molecule has 2 atom stereocenters. The molecule has 0 spiro atoms. The Bertz CT molecular complexity index is 171. The van der Waals surface area contributed by atoms with E-state index in [9.17, 15) is 4.79 Å². The molecular formula is C8H13ClO2. The quantitative estimate of drug-likeness (QED) is 0.569. The van der Waals surface area contributed by atoms with Crippen molar-refractivity contribution in [2.45, 2.75) is 44.3 Å². The highest BCUT2D eigenvalue weighted by Gasteiger charge is 2.41. The zero-order valence-electron chi connectivity index (χ0n) is 7.06. The Kier molecular flexibility index (Phi) is 2.26. The van der Waals surface area contributed by atoms with E-state index in [0.717, 1.165) is 0 Å². The molecule has 0 aliphatic heterocycles. The Morgan fingerprint density at radius 1 is 1.55 bits per heavy atom. The molecule has 64 valence electrons. The lowest BCUT2D eigenvalue weighted by Gasteiger charge is -2.35. The van der Waals surface area contributed by atoms with Crippen molar-refractivity contribution in [3.8, 4) is 0 Å². The zero-order chi connectivity index (χ0) is 8.65. The molecule has 0 amide bonds. The van der Waals surface area contributed by atoms with Crippen LogP contribution in [0.5, 0.6) is 0 Å². The van der Waals surface area contributed by atoms with Gasteiger partial charge in [0.25, 0.3) is 0 Å². The first-order valence-electron chi connectivity index (χ1n) is 3.75. The van der Waals surface area contributed by atoms with Crippen LogP contribution in [0.15, 0.2) is 0 Å². The number of hydrogen-bond acceptors (Lipinski definition) is 2. The SMILES string of the molecule is CC(C)(C)O[C@@H]1CC(=O)[C@H]1Cl. The van der Waals surface area contributed by atoms with Crippen LogP contribution in [0.4, 0.5) is 0 Å². The molecule has 1 aliphatic rings. The van der Waals surface area contributed by atoms with Gasteiger partial charge in [-0.25, -0.2) is 0 Å². The van der Waals surface area contributed by atoms with Crippen LogP contribution in [0, 0.1) is 0 Å². The van der Waals surface area contributed by atoms with E-state index in [0.29, 0.717) is 6.42 Å². The predicted molar refractivity (Wildman–Crippen MR) is 43.9 cm³/mol. The molecule has 0 bridgehead atoms. The maximum absolute atomic E-state index is 10.7. The molecule has 3 heteroatoms. The molecule has 0 aromatic rings. The molecule has 2 nitrogen and oxygen atoms in total. The molecule has 0 N–H and O–H groups in total. The summed E-state index contributed by atoms with van der Waals surface area (Å²) in [6.45, 7) is 5.87. The molecular weight excluding hydrogens is 164 g/mol. The second kappa shape index (κ2) is 2.76. The van der Waals surface area contributed by atoms with Gasteiger partial charge in [-0.05, 0) is 20.8 Å². The van der Waals surface area contributed by atoms with E-state index >= 15 is 0 Å². The van der Waals surface area contributed by atoms with Crippen molar-refractivity contribution >= 4 is 17.4 Å². The largest absolute Gasteiger partial charge is 0.370 e. The normalized spacial score (nSPS) is 31.8. The lowest BCUT2D eigenvalue weighted by Crippen LogP contribution is -2.48. The fourth-order valence-electron chi connectivity index (χ4n) is 1.02. The van der Waals surface area contributed by atoms with Crippen molar-refractivity contribution in [3.63, 3.8) is 0 Å². The van der Waals surface area contributed by atoms with Crippen LogP contribution in [0.1, 0.15) is 27.2 Å². The Morgan fingerprint density at radius 3 is 2.36 bits per heavy atom. The van der Waals surface area contributed by atoms with Crippen LogP contribution in [-0.2, 0) is 9.53 Å². The van der Waals surface area contributed by atoms with Crippen LogP contribution in [0.25, 0.3) is 0 Å². The van der Waals surface area contributed by atoms with E-state index in [4.69, 9.17) is 16.3 Å². The summed E-state index contributed by atoms with van der Waals surface area (Å²) in [5.74, 6) is 0.0981. The van der Waals surface area contributed by atoms with Crippen molar-refractivity contribution < 1.29 is 9.53 Å². The first-order chi connectivity index (χ1) is 4.90. The number of halogens is 1. The van der Waals surface area contributed by atoms with Gasteiger partial charge in [0, 0.05) is 6.42 Å². The highest BCUT2D eigenvalue weighted by molar-refractivity contribution is 6.34. The molecule has 0 saturated heterocycles. The summed E-state index contributed by atoms with van der Waals surface area (Å²) in [6, 6.07) is 0. The molecule has 0 radical (unpaired) electrons. The molecule has 1 saturated carbocycles. The third-order valence-corrected chi connectivity index (χ3v) is 2.07. The number of ether oxygens (including phenoxy) is 1. The first kappa shape index (κ1) is 9.01. The summed E-state index contributed by atoms with van der Waals surface area (Å²) >= 11 is 5.70. The van der Waals surface area contributed by atoms with Gasteiger partial charge in [-0.2, -0.15) is 0 Å². The molecule has 0 unspecified atom stereocenters. The van der Waals surface area contributed by atoms with Crippen LogP contribution < -0.4 is 0 Å². The van der Waals surface area contributed by atoms with Gasteiger partial charge in [0.2, 0.25) is 0 Å². The minimum absolute atomic E-state index is 0.0656. The monoisotopic (exact) mass is 176 g/mol. The lowest BCUT2D eigenvalue weighted by atomic mass is 9.92. The van der Waals surface area contributed by atoms with Gasteiger partial charge in [-0.3, -0.25) is 4.79 Å². The number of rotatable bonds is 1. The third kappa shape index (κ3) is 2.17. The average molecular weight is 177 g/mol. The predicted octanol–water partition coefficient (Wildman–Crippen LogP) is 1.75. The zero-order valence-corrected chi connectivity index (χ0v) is 7.81. The van der Waals surface area contributed by atoms with Crippen molar-refractivity contribution in [3.05, 3.63) is 0 Å². The van der Waals surface area contributed by atoms with E-state index in [2.05, 4.69) is 0 Å².